The van der Waals surface area contributed by atoms with Crippen molar-refractivity contribution in [3.05, 3.63) is 54.4 Å². The topological polar surface area (TPSA) is 119 Å². The molecule has 10 nitrogen and oxygen atoms in total. The molecule has 2 N–H and O–H groups in total. The number of aromatic nitrogens is 3. The van der Waals surface area contributed by atoms with Crippen LogP contribution in [-0.4, -0.2) is 71.4 Å². The zero-order chi connectivity index (χ0) is 26.8. The average molecular weight is 510 g/mol. The predicted octanol–water partition coefficient (Wildman–Crippen LogP) is 4.17. The number of esters is 1. The number of hydrogen-bond donors (Lipinski definition) is 2. The number of nitrogens with one attached hydrogen (secondary N) is 2. The molecule has 2 aromatic heterocycles. The molecule has 10 heteroatoms. The molecule has 0 aliphatic rings. The summed E-state index contributed by atoms with van der Waals surface area (Å²) in [5.74, 6) is 0.553. The van der Waals surface area contributed by atoms with Gasteiger partial charge in [0.25, 0.3) is 5.91 Å². The standard InChI is InChI=1S/C27H35N5O5/c1-27(2,3)37-25(33)10-7-15-32(4)16-17-36-19-11-12-22(24(18-19)35-5)30-26(34)23-9-6-8-20(29-23)21-13-14-28-31-21/h6,8-9,11-14,18H,7,10,15-17H2,1-5H3,(H,28,31)(H,30,34). The van der Waals surface area contributed by atoms with Crippen LogP contribution in [0, 0.1) is 0 Å². The lowest BCUT2D eigenvalue weighted by Gasteiger charge is -2.20. The predicted molar refractivity (Wildman–Crippen MR) is 141 cm³/mol. The summed E-state index contributed by atoms with van der Waals surface area (Å²) in [4.78, 5) is 31.1. The monoisotopic (exact) mass is 509 g/mol. The zero-order valence-corrected chi connectivity index (χ0v) is 22.0. The Labute approximate surface area is 217 Å². The Morgan fingerprint density at radius 1 is 1.11 bits per heavy atom. The third kappa shape index (κ3) is 8.91. The third-order valence-electron chi connectivity index (χ3n) is 5.26. The van der Waals surface area contributed by atoms with Gasteiger partial charge >= 0.3 is 5.97 Å². The van der Waals surface area contributed by atoms with Crippen molar-refractivity contribution in [3.8, 4) is 22.9 Å². The number of carbonyl (C=O) groups is 2. The van der Waals surface area contributed by atoms with E-state index in [1.165, 1.54) is 7.11 Å². The summed E-state index contributed by atoms with van der Waals surface area (Å²) >= 11 is 0. The molecule has 1 amide bonds. The third-order valence-corrected chi connectivity index (χ3v) is 5.26. The van der Waals surface area contributed by atoms with Crippen LogP contribution in [-0.2, 0) is 9.53 Å². The molecule has 0 aliphatic heterocycles. The van der Waals surface area contributed by atoms with Crippen LogP contribution in [0.3, 0.4) is 0 Å². The van der Waals surface area contributed by atoms with E-state index in [9.17, 15) is 9.59 Å². The van der Waals surface area contributed by atoms with Crippen molar-refractivity contribution in [2.75, 3.05) is 39.2 Å². The number of methoxy groups -OCH3 is 1. The van der Waals surface area contributed by atoms with Crippen molar-refractivity contribution < 1.29 is 23.8 Å². The Bertz CT molecular complexity index is 1170. The van der Waals surface area contributed by atoms with Crippen LogP contribution in [0.2, 0.25) is 0 Å². The molecule has 0 atom stereocenters. The molecule has 2 heterocycles. The summed E-state index contributed by atoms with van der Waals surface area (Å²) in [5, 5.41) is 9.60. The number of rotatable bonds is 12. The van der Waals surface area contributed by atoms with E-state index in [2.05, 4.69) is 25.4 Å². The number of H-pyrrole nitrogens is 1. The Hall–Kier alpha value is -3.92. The molecule has 0 spiro atoms. The number of amides is 1. The van der Waals surface area contributed by atoms with E-state index in [1.807, 2.05) is 27.8 Å². The smallest absolute Gasteiger partial charge is 0.306 e. The van der Waals surface area contributed by atoms with Gasteiger partial charge in [-0.05, 0) is 71.1 Å². The fraction of sp³-hybridized carbons (Fsp3) is 0.407. The van der Waals surface area contributed by atoms with Crippen LogP contribution < -0.4 is 14.8 Å². The summed E-state index contributed by atoms with van der Waals surface area (Å²) in [6.45, 7) is 7.50. The highest BCUT2D eigenvalue weighted by atomic mass is 16.6. The number of hydrogen-bond acceptors (Lipinski definition) is 8. The minimum Gasteiger partial charge on any atom is -0.494 e. The minimum atomic E-state index is -0.460. The summed E-state index contributed by atoms with van der Waals surface area (Å²) in [7, 11) is 3.51. The van der Waals surface area contributed by atoms with E-state index in [-0.39, 0.29) is 17.6 Å². The summed E-state index contributed by atoms with van der Waals surface area (Å²) in [6, 6.07) is 12.2. The Morgan fingerprint density at radius 2 is 1.92 bits per heavy atom. The van der Waals surface area contributed by atoms with Gasteiger partial charge in [0.2, 0.25) is 0 Å². The summed E-state index contributed by atoms with van der Waals surface area (Å²) in [6.07, 6.45) is 2.73. The van der Waals surface area contributed by atoms with E-state index < -0.39 is 5.60 Å². The second-order valence-electron chi connectivity index (χ2n) is 9.54. The molecule has 3 rings (SSSR count). The maximum atomic E-state index is 12.8. The minimum absolute atomic E-state index is 0.183. The number of carbonyl (C=O) groups excluding carboxylic acids is 2. The van der Waals surface area contributed by atoms with Crippen molar-refractivity contribution in [1.29, 1.82) is 0 Å². The molecule has 0 bridgehead atoms. The fourth-order valence-corrected chi connectivity index (χ4v) is 3.48. The van der Waals surface area contributed by atoms with Gasteiger partial charge in [-0.25, -0.2) is 4.98 Å². The zero-order valence-electron chi connectivity index (χ0n) is 22.0. The molecular weight excluding hydrogens is 474 g/mol. The van der Waals surface area contributed by atoms with Gasteiger partial charge in [-0.1, -0.05) is 6.07 Å². The van der Waals surface area contributed by atoms with Gasteiger partial charge in [-0.2, -0.15) is 5.10 Å². The van der Waals surface area contributed by atoms with Gasteiger partial charge < -0.3 is 24.4 Å². The number of benzene rings is 1. The van der Waals surface area contributed by atoms with Crippen LogP contribution in [0.1, 0.15) is 44.1 Å². The highest BCUT2D eigenvalue weighted by molar-refractivity contribution is 6.04. The van der Waals surface area contributed by atoms with Gasteiger partial charge in [0, 0.05) is 25.2 Å². The van der Waals surface area contributed by atoms with Crippen molar-refractivity contribution in [1.82, 2.24) is 20.1 Å². The van der Waals surface area contributed by atoms with Gasteiger partial charge in [0.05, 0.1) is 24.2 Å². The van der Waals surface area contributed by atoms with E-state index in [1.54, 1.807) is 48.7 Å². The second-order valence-corrected chi connectivity index (χ2v) is 9.54. The average Bonchev–Trinajstić information content (AvgIpc) is 3.39. The number of ether oxygens (including phenoxy) is 3. The van der Waals surface area contributed by atoms with Crippen molar-refractivity contribution in [2.45, 2.75) is 39.2 Å². The molecule has 37 heavy (non-hydrogen) atoms. The Kier molecular flexibility index (Phi) is 9.62. The van der Waals surface area contributed by atoms with Gasteiger partial charge in [0.15, 0.2) is 0 Å². The van der Waals surface area contributed by atoms with E-state index in [0.29, 0.717) is 48.9 Å². The molecule has 0 saturated carbocycles. The molecule has 0 radical (unpaired) electrons. The van der Waals surface area contributed by atoms with Crippen LogP contribution >= 0.6 is 0 Å². The summed E-state index contributed by atoms with van der Waals surface area (Å²) in [5.41, 5.74) is 1.66. The number of nitrogens with zero attached hydrogens (tertiary/aromatic N) is 3. The quantitative estimate of drug-likeness (QED) is 0.349. The van der Waals surface area contributed by atoms with Gasteiger partial charge in [-0.15, -0.1) is 0 Å². The SMILES string of the molecule is COc1cc(OCCN(C)CCCC(=O)OC(C)(C)C)ccc1NC(=O)c1cccc(-c2ccn[nH]2)n1. The first-order valence-corrected chi connectivity index (χ1v) is 12.1. The highest BCUT2D eigenvalue weighted by Crippen LogP contribution is 2.29. The second kappa shape index (κ2) is 12.9. The molecule has 0 saturated heterocycles. The molecule has 0 unspecified atom stereocenters. The van der Waals surface area contributed by atoms with Gasteiger partial charge in [0.1, 0.15) is 29.4 Å². The molecular formula is C27H35N5O5. The largest absolute Gasteiger partial charge is 0.494 e. The normalized spacial score (nSPS) is 11.3. The lowest BCUT2D eigenvalue weighted by atomic mass is 10.2. The number of likely N-dealkylation sites (N-methyl/N-ethyl adjacent to an activating group) is 1. The molecule has 0 aliphatic carbocycles. The first-order chi connectivity index (χ1) is 17.6. The number of pyridine rings is 1. The first kappa shape index (κ1) is 27.7. The maximum absolute atomic E-state index is 12.8. The lowest BCUT2D eigenvalue weighted by Crippen LogP contribution is -2.27. The number of aromatic amines is 1. The van der Waals surface area contributed by atoms with Crippen molar-refractivity contribution in [2.24, 2.45) is 0 Å². The van der Waals surface area contributed by atoms with Crippen LogP contribution in [0.5, 0.6) is 11.5 Å². The van der Waals surface area contributed by atoms with Crippen molar-refractivity contribution >= 4 is 17.6 Å². The Morgan fingerprint density at radius 3 is 2.62 bits per heavy atom. The van der Waals surface area contributed by atoms with Gasteiger partial charge in [-0.3, -0.25) is 14.7 Å². The Balaban J connectivity index is 1.48. The first-order valence-electron chi connectivity index (χ1n) is 12.1. The number of anilines is 1. The molecule has 198 valence electrons. The molecule has 1 aromatic carbocycles. The fourth-order valence-electron chi connectivity index (χ4n) is 3.48. The maximum Gasteiger partial charge on any atom is 0.306 e. The lowest BCUT2D eigenvalue weighted by molar-refractivity contribution is -0.154. The van der Waals surface area contributed by atoms with E-state index in [4.69, 9.17) is 14.2 Å². The van der Waals surface area contributed by atoms with Crippen LogP contribution in [0.4, 0.5) is 5.69 Å². The van der Waals surface area contributed by atoms with E-state index in [0.717, 1.165) is 12.2 Å². The van der Waals surface area contributed by atoms with Crippen LogP contribution in [0.25, 0.3) is 11.4 Å². The van der Waals surface area contributed by atoms with Crippen LogP contribution in [0.15, 0.2) is 48.7 Å². The molecule has 0 fully saturated rings. The summed E-state index contributed by atoms with van der Waals surface area (Å²) < 4.78 is 16.7. The van der Waals surface area contributed by atoms with Crippen molar-refractivity contribution in [3.63, 3.8) is 0 Å². The van der Waals surface area contributed by atoms with E-state index >= 15 is 0 Å². The highest BCUT2D eigenvalue weighted by Gasteiger charge is 2.16. The molecule has 3 aromatic rings.